The van der Waals surface area contributed by atoms with E-state index in [-0.39, 0.29) is 0 Å². The van der Waals surface area contributed by atoms with E-state index in [1.807, 2.05) is 0 Å². The number of nitrogens with zero attached hydrogens (tertiary/aromatic N) is 3. The molecule has 4 nitrogen and oxygen atoms in total. The van der Waals surface area contributed by atoms with Crippen LogP contribution in [0.3, 0.4) is 0 Å². The summed E-state index contributed by atoms with van der Waals surface area (Å²) in [5.74, 6) is 0. The summed E-state index contributed by atoms with van der Waals surface area (Å²) in [4.78, 5) is 15.0. The van der Waals surface area contributed by atoms with Crippen LogP contribution in [0.5, 0.6) is 0 Å². The first-order valence-electron chi connectivity index (χ1n) is 2.79. The maximum Gasteiger partial charge on any atom is 0.198 e. The summed E-state index contributed by atoms with van der Waals surface area (Å²) in [5, 5.41) is 0. The van der Waals surface area contributed by atoms with Gasteiger partial charge in [0.15, 0.2) is 15.1 Å². The molecule has 0 radical (unpaired) electrons. The number of imidazole rings is 1. The highest BCUT2D eigenvalue weighted by Gasteiger charge is 2.01. The molecule has 0 fully saturated rings. The van der Waals surface area contributed by atoms with Gasteiger partial charge in [-0.3, -0.25) is 0 Å². The number of fused-ring (bicyclic) bond motifs is 1. The summed E-state index contributed by atoms with van der Waals surface area (Å²) in [5.41, 5.74) is 1.47. The highest BCUT2D eigenvalue weighted by atomic mass is 79.9. The first-order chi connectivity index (χ1) is 5.25. The molecule has 1 N–H and O–H groups in total. The van der Waals surface area contributed by atoms with Crippen molar-refractivity contribution in [3.8, 4) is 0 Å². The van der Waals surface area contributed by atoms with Crippen LogP contribution in [0.15, 0.2) is 15.7 Å². The number of hydrogen-bond donors (Lipinski definition) is 1. The molecule has 0 saturated heterocycles. The van der Waals surface area contributed by atoms with Gasteiger partial charge in [0.2, 0.25) is 0 Å². The highest BCUT2D eigenvalue weighted by molar-refractivity contribution is 9.10. The van der Waals surface area contributed by atoms with E-state index in [2.05, 4.69) is 51.8 Å². The molecule has 0 aliphatic carbocycles. The average Bonchev–Trinajstić information content (AvgIpc) is 2.27. The molecule has 0 atom stereocenters. The molecular formula is C5H2Br2N4. The fourth-order valence-electron chi connectivity index (χ4n) is 0.757. The molecule has 2 heterocycles. The predicted octanol–water partition coefficient (Wildman–Crippen LogP) is 1.88. The average molecular weight is 278 g/mol. The van der Waals surface area contributed by atoms with Gasteiger partial charge in [0.25, 0.3) is 0 Å². The zero-order chi connectivity index (χ0) is 7.84. The summed E-state index contributed by atoms with van der Waals surface area (Å²) in [6.07, 6.45) is 1.67. The van der Waals surface area contributed by atoms with Crippen LogP contribution in [0.2, 0.25) is 0 Å². The van der Waals surface area contributed by atoms with Crippen molar-refractivity contribution >= 4 is 43.0 Å². The van der Waals surface area contributed by atoms with Gasteiger partial charge in [-0.05, 0) is 31.9 Å². The third kappa shape index (κ3) is 1.28. The lowest BCUT2D eigenvalue weighted by Gasteiger charge is -1.85. The lowest BCUT2D eigenvalue weighted by atomic mass is 10.6. The minimum atomic E-state index is 0.545. The van der Waals surface area contributed by atoms with E-state index in [1.165, 1.54) is 0 Å². The minimum Gasteiger partial charge on any atom is -0.330 e. The number of nitrogens with one attached hydrogen (secondary N) is 1. The Labute approximate surface area is 78.7 Å². The SMILES string of the molecule is Brc1ncc2[nH]c(Br)nc2n1. The second-order valence-corrected chi connectivity index (χ2v) is 3.36. The zero-order valence-electron chi connectivity index (χ0n) is 5.17. The van der Waals surface area contributed by atoms with Crippen LogP contribution in [0.25, 0.3) is 11.2 Å². The maximum atomic E-state index is 4.05. The van der Waals surface area contributed by atoms with Crippen LogP contribution in [-0.4, -0.2) is 19.9 Å². The molecule has 0 unspecified atom stereocenters. The number of H-pyrrole nitrogens is 1. The molecule has 2 rings (SSSR count). The van der Waals surface area contributed by atoms with Crippen LogP contribution in [-0.2, 0) is 0 Å². The quantitative estimate of drug-likeness (QED) is 0.591. The molecule has 6 heteroatoms. The molecule has 0 aliphatic heterocycles. The molecule has 2 aromatic heterocycles. The maximum absolute atomic E-state index is 4.05. The van der Waals surface area contributed by atoms with Gasteiger partial charge in [0, 0.05) is 0 Å². The predicted molar refractivity (Wildman–Crippen MR) is 47.1 cm³/mol. The molecule has 0 bridgehead atoms. The Morgan fingerprint density at radius 3 is 2.91 bits per heavy atom. The second-order valence-electron chi connectivity index (χ2n) is 1.90. The van der Waals surface area contributed by atoms with Crippen molar-refractivity contribution in [1.29, 1.82) is 0 Å². The van der Waals surface area contributed by atoms with Gasteiger partial charge in [-0.1, -0.05) is 0 Å². The summed E-state index contributed by atoms with van der Waals surface area (Å²) >= 11 is 6.35. The summed E-state index contributed by atoms with van der Waals surface area (Å²) in [7, 11) is 0. The fraction of sp³-hybridized carbons (Fsp3) is 0. The molecule has 0 aromatic carbocycles. The van der Waals surface area contributed by atoms with Gasteiger partial charge in [0.05, 0.1) is 6.20 Å². The van der Waals surface area contributed by atoms with Crippen molar-refractivity contribution in [3.05, 3.63) is 15.7 Å². The smallest absolute Gasteiger partial charge is 0.198 e. The van der Waals surface area contributed by atoms with Crippen molar-refractivity contribution in [2.75, 3.05) is 0 Å². The summed E-state index contributed by atoms with van der Waals surface area (Å²) < 4.78 is 1.21. The van der Waals surface area contributed by atoms with E-state index in [4.69, 9.17) is 0 Å². The normalized spacial score (nSPS) is 10.7. The molecule has 0 spiro atoms. The zero-order valence-corrected chi connectivity index (χ0v) is 8.35. The molecule has 11 heavy (non-hydrogen) atoms. The van der Waals surface area contributed by atoms with Gasteiger partial charge in [-0.15, -0.1) is 0 Å². The van der Waals surface area contributed by atoms with E-state index in [0.717, 1.165) is 5.52 Å². The Hall–Kier alpha value is -0.490. The van der Waals surface area contributed by atoms with E-state index in [9.17, 15) is 0 Å². The fourth-order valence-corrected chi connectivity index (χ4v) is 1.41. The van der Waals surface area contributed by atoms with Crippen LogP contribution in [0.1, 0.15) is 0 Å². The molecule has 56 valence electrons. The molecule has 0 aliphatic rings. The van der Waals surface area contributed by atoms with E-state index in [0.29, 0.717) is 15.1 Å². The first kappa shape index (κ1) is 7.17. The third-order valence-electron chi connectivity index (χ3n) is 1.18. The Balaban J connectivity index is 2.82. The highest BCUT2D eigenvalue weighted by Crippen LogP contribution is 2.13. The van der Waals surface area contributed by atoms with Crippen LogP contribution < -0.4 is 0 Å². The lowest BCUT2D eigenvalue weighted by molar-refractivity contribution is 1.14. The molecule has 0 saturated carbocycles. The first-order valence-corrected chi connectivity index (χ1v) is 4.38. The number of halogens is 2. The Kier molecular flexibility index (Phi) is 1.65. The number of hydrogen-bond acceptors (Lipinski definition) is 3. The van der Waals surface area contributed by atoms with Gasteiger partial charge >= 0.3 is 0 Å². The van der Waals surface area contributed by atoms with Crippen molar-refractivity contribution in [2.45, 2.75) is 0 Å². The minimum absolute atomic E-state index is 0.545. The molecule has 2 aromatic rings. The standard InChI is InChI=1S/C5H2Br2N4/c6-4-8-1-2-3(10-4)11-5(7)9-2/h1H,(H,8,9,10,11). The summed E-state index contributed by atoms with van der Waals surface area (Å²) in [6, 6.07) is 0. The van der Waals surface area contributed by atoms with E-state index >= 15 is 0 Å². The molecular weight excluding hydrogens is 276 g/mol. The van der Waals surface area contributed by atoms with Gasteiger partial charge in [-0.25, -0.2) is 15.0 Å². The Morgan fingerprint density at radius 2 is 2.09 bits per heavy atom. The van der Waals surface area contributed by atoms with Crippen molar-refractivity contribution in [2.24, 2.45) is 0 Å². The molecule has 0 amide bonds. The van der Waals surface area contributed by atoms with Crippen LogP contribution >= 0.6 is 31.9 Å². The van der Waals surface area contributed by atoms with Gasteiger partial charge in [-0.2, -0.15) is 0 Å². The van der Waals surface area contributed by atoms with E-state index in [1.54, 1.807) is 6.20 Å². The Morgan fingerprint density at radius 1 is 1.27 bits per heavy atom. The lowest BCUT2D eigenvalue weighted by Crippen LogP contribution is -1.81. The summed E-state index contributed by atoms with van der Waals surface area (Å²) in [6.45, 7) is 0. The third-order valence-corrected chi connectivity index (χ3v) is 1.94. The van der Waals surface area contributed by atoms with Crippen molar-refractivity contribution in [1.82, 2.24) is 19.9 Å². The van der Waals surface area contributed by atoms with Crippen LogP contribution in [0.4, 0.5) is 0 Å². The number of aromatic amines is 1. The number of rotatable bonds is 0. The van der Waals surface area contributed by atoms with Crippen LogP contribution in [0, 0.1) is 0 Å². The van der Waals surface area contributed by atoms with E-state index < -0.39 is 0 Å². The number of aromatic nitrogens is 4. The topological polar surface area (TPSA) is 54.5 Å². The Bertz CT molecular complexity index is 396. The van der Waals surface area contributed by atoms with Gasteiger partial charge < -0.3 is 4.98 Å². The van der Waals surface area contributed by atoms with Gasteiger partial charge in [0.1, 0.15) is 5.52 Å². The second kappa shape index (κ2) is 2.53. The van der Waals surface area contributed by atoms with Crippen molar-refractivity contribution in [3.63, 3.8) is 0 Å². The largest absolute Gasteiger partial charge is 0.330 e. The monoisotopic (exact) mass is 276 g/mol. The van der Waals surface area contributed by atoms with Crippen molar-refractivity contribution < 1.29 is 0 Å².